The molecule has 1 fully saturated rings. The van der Waals surface area contributed by atoms with E-state index in [1.54, 1.807) is 31.0 Å². The Hall–Kier alpha value is -1.57. The molecular formula is C20H28CuF3N7OS2. The van der Waals surface area contributed by atoms with E-state index in [9.17, 15) is 13.2 Å². The molecule has 1 aromatic heterocycles. The molecule has 2 unspecified atom stereocenters. The molecule has 0 spiro atoms. The number of amidine groups is 1. The van der Waals surface area contributed by atoms with Crippen molar-refractivity contribution in [2.45, 2.75) is 45.5 Å². The summed E-state index contributed by atoms with van der Waals surface area (Å²) in [5.74, 6) is -0.433. The minimum absolute atomic E-state index is 0. The van der Waals surface area contributed by atoms with Crippen LogP contribution < -0.4 is 10.7 Å². The summed E-state index contributed by atoms with van der Waals surface area (Å²) in [6.45, 7) is 4.34. The van der Waals surface area contributed by atoms with E-state index in [1.165, 1.54) is 7.05 Å². The van der Waals surface area contributed by atoms with E-state index in [1.807, 2.05) is 6.92 Å². The smallest absolute Gasteiger partial charge is 0.761 e. The molecule has 193 valence electrons. The van der Waals surface area contributed by atoms with Crippen LogP contribution in [-0.4, -0.2) is 65.9 Å². The van der Waals surface area contributed by atoms with Gasteiger partial charge in [0.05, 0.1) is 18.2 Å². The number of rotatable bonds is 8. The Kier molecular flexibility index (Phi) is 12.6. The number of piperidine rings is 1. The van der Waals surface area contributed by atoms with Crippen molar-refractivity contribution in [1.82, 2.24) is 15.6 Å². The topological polar surface area (TPSA) is 89.9 Å². The van der Waals surface area contributed by atoms with Crippen molar-refractivity contribution in [2.75, 3.05) is 27.2 Å². The van der Waals surface area contributed by atoms with E-state index in [-0.39, 0.29) is 47.8 Å². The molecular weight excluding hydrogens is 539 g/mol. The molecule has 1 aliphatic heterocycles. The maximum atomic E-state index is 13.1. The summed E-state index contributed by atoms with van der Waals surface area (Å²) in [4.78, 5) is 5.57. The van der Waals surface area contributed by atoms with E-state index >= 15 is 0 Å². The molecule has 0 amide bonds. The number of hydrogen-bond donors (Lipinski definition) is 2. The largest absolute Gasteiger partial charge is 2.00 e. The van der Waals surface area contributed by atoms with Gasteiger partial charge in [0.2, 0.25) is 0 Å². The molecule has 8 nitrogen and oxygen atoms in total. The van der Waals surface area contributed by atoms with Gasteiger partial charge in [0, 0.05) is 19.6 Å². The molecule has 34 heavy (non-hydrogen) atoms. The minimum atomic E-state index is -4.19. The van der Waals surface area contributed by atoms with Gasteiger partial charge in [-0.25, -0.2) is 0 Å². The molecule has 2 N–H and O–H groups in total. The maximum Gasteiger partial charge on any atom is 2.00 e. The van der Waals surface area contributed by atoms with Crippen molar-refractivity contribution >= 4 is 46.9 Å². The quantitative estimate of drug-likeness (QED) is 0.165. The Bertz CT molecular complexity index is 918. The number of nitrogens with zero attached hydrogens (tertiary/aromatic N) is 5. The number of nitrogens with one attached hydrogen (secondary N) is 2. The number of hydrogen-bond acceptors (Lipinski definition) is 9. The third-order valence-corrected chi connectivity index (χ3v) is 5.86. The number of hydrazone groups is 1. The Morgan fingerprint density at radius 2 is 2.00 bits per heavy atom. The Balaban J connectivity index is 0.00000578. The van der Waals surface area contributed by atoms with Crippen LogP contribution in [0.15, 0.2) is 36.8 Å². The predicted octanol–water partition coefficient (Wildman–Crippen LogP) is 2.81. The fourth-order valence-corrected chi connectivity index (χ4v) is 3.33. The van der Waals surface area contributed by atoms with Crippen LogP contribution in [0.1, 0.15) is 38.2 Å². The first kappa shape index (κ1) is 30.5. The molecule has 2 rings (SSSR count). The van der Waals surface area contributed by atoms with Crippen LogP contribution in [0.3, 0.4) is 0 Å². The summed E-state index contributed by atoms with van der Waals surface area (Å²) in [6, 6.07) is 3.26. The van der Waals surface area contributed by atoms with E-state index in [4.69, 9.17) is 29.7 Å². The van der Waals surface area contributed by atoms with Crippen LogP contribution >= 0.6 is 0 Å². The second-order valence-electron chi connectivity index (χ2n) is 7.62. The molecule has 2 heterocycles. The van der Waals surface area contributed by atoms with Crippen LogP contribution in [0.25, 0.3) is 0 Å². The summed E-state index contributed by atoms with van der Waals surface area (Å²) in [5.41, 5.74) is 3.36. The Morgan fingerprint density at radius 3 is 2.62 bits per heavy atom. The van der Waals surface area contributed by atoms with E-state index < -0.39 is 12.1 Å². The number of halogens is 3. The molecule has 0 aromatic carbocycles. The van der Waals surface area contributed by atoms with Gasteiger partial charge in [-0.05, 0) is 57.6 Å². The van der Waals surface area contributed by atoms with Gasteiger partial charge >= 0.3 is 23.2 Å². The second kappa shape index (κ2) is 14.1. The third-order valence-electron chi connectivity index (χ3n) is 5.15. The fourth-order valence-electron chi connectivity index (χ4n) is 3.13. The SMILES string of the molecule is CN=C([S-])N/N=C(/C(C)=N/N=C(\[S-])C(C)NC)c1ccc(CN2CCCC(C(F)(F)F)C2)o1.[Cu+2]. The van der Waals surface area contributed by atoms with Crippen molar-refractivity contribution in [1.29, 1.82) is 0 Å². The van der Waals surface area contributed by atoms with Gasteiger partial charge in [-0.1, -0.05) is 5.04 Å². The van der Waals surface area contributed by atoms with Crippen LogP contribution in [0, 0.1) is 5.92 Å². The van der Waals surface area contributed by atoms with Crippen molar-refractivity contribution < 1.29 is 34.7 Å². The van der Waals surface area contributed by atoms with E-state index in [2.05, 4.69) is 31.0 Å². The average Bonchev–Trinajstić information content (AvgIpc) is 3.24. The molecule has 14 heteroatoms. The molecule has 0 bridgehead atoms. The molecule has 2 atom stereocenters. The minimum Gasteiger partial charge on any atom is -0.761 e. The summed E-state index contributed by atoms with van der Waals surface area (Å²) in [5, 5.41) is 16.0. The standard InChI is InChI=1S/C20H30F3N7OS2.Cu/c1-12(26-28-18(32)13(2)24-3)17(27-29-19(33)25-4)16-8-7-15(31-16)11-30-9-5-6-14(10-30)20(21,22)23;/h7-8,13-14,24H,5-6,9-11H2,1-4H3,(H,28,32)(H2,25,29,33);/q;+2/p-2/b26-12+,27-17-;. The Morgan fingerprint density at radius 1 is 1.29 bits per heavy atom. The van der Waals surface area contributed by atoms with Crippen molar-refractivity contribution in [2.24, 2.45) is 26.2 Å². The van der Waals surface area contributed by atoms with E-state index in [0.29, 0.717) is 41.0 Å². The van der Waals surface area contributed by atoms with Gasteiger partial charge in [0.25, 0.3) is 0 Å². The molecule has 1 aromatic rings. The van der Waals surface area contributed by atoms with Crippen molar-refractivity contribution in [3.05, 3.63) is 23.7 Å². The number of aliphatic imine (C=N–C) groups is 1. The summed E-state index contributed by atoms with van der Waals surface area (Å²) >= 11 is 10.2. The maximum absolute atomic E-state index is 13.1. The summed E-state index contributed by atoms with van der Waals surface area (Å²) in [6.07, 6.45) is -3.55. The molecule has 0 aliphatic carbocycles. The van der Waals surface area contributed by atoms with Crippen molar-refractivity contribution in [3.8, 4) is 0 Å². The summed E-state index contributed by atoms with van der Waals surface area (Å²) < 4.78 is 45.2. The van der Waals surface area contributed by atoms with Gasteiger partial charge in [-0.2, -0.15) is 28.5 Å². The predicted molar refractivity (Wildman–Crippen MR) is 130 cm³/mol. The first-order chi connectivity index (χ1) is 15.5. The first-order valence-corrected chi connectivity index (χ1v) is 11.2. The first-order valence-electron chi connectivity index (χ1n) is 10.4. The van der Waals surface area contributed by atoms with E-state index in [0.717, 1.165) is 0 Å². The third kappa shape index (κ3) is 9.23. The zero-order valence-electron chi connectivity index (χ0n) is 19.2. The van der Waals surface area contributed by atoms with Crippen LogP contribution in [0.5, 0.6) is 0 Å². The number of alkyl halides is 3. The van der Waals surface area contributed by atoms with Gasteiger partial charge in [-0.15, -0.1) is 0 Å². The molecule has 1 aliphatic rings. The van der Waals surface area contributed by atoms with Crippen LogP contribution in [0.4, 0.5) is 13.2 Å². The zero-order chi connectivity index (χ0) is 24.6. The fraction of sp³-hybridized carbons (Fsp3) is 0.600. The molecule has 1 saturated heterocycles. The van der Waals surface area contributed by atoms with Crippen LogP contribution in [0.2, 0.25) is 0 Å². The zero-order valence-corrected chi connectivity index (χ0v) is 21.8. The number of furan rings is 1. The van der Waals surface area contributed by atoms with Gasteiger partial charge < -0.3 is 35.0 Å². The van der Waals surface area contributed by atoms with Gasteiger partial charge in [0.1, 0.15) is 11.5 Å². The normalized spacial score (nSPS) is 20.1. The average molecular weight is 567 g/mol. The van der Waals surface area contributed by atoms with Crippen LogP contribution in [-0.2, 0) is 48.9 Å². The monoisotopic (exact) mass is 566 g/mol. The van der Waals surface area contributed by atoms with Gasteiger partial charge in [0.15, 0.2) is 5.76 Å². The number of likely N-dealkylation sites (tertiary alicyclic amines) is 1. The Labute approximate surface area is 219 Å². The molecule has 0 saturated carbocycles. The second-order valence-corrected chi connectivity index (χ2v) is 8.42. The summed E-state index contributed by atoms with van der Waals surface area (Å²) in [7, 11) is 3.29. The molecule has 1 radical (unpaired) electrons. The van der Waals surface area contributed by atoms with Crippen molar-refractivity contribution in [3.63, 3.8) is 0 Å². The van der Waals surface area contributed by atoms with Gasteiger partial charge in [-0.3, -0.25) is 15.3 Å².